The van der Waals surface area contributed by atoms with E-state index in [0.29, 0.717) is 12.8 Å². The van der Waals surface area contributed by atoms with E-state index in [2.05, 4.69) is 5.32 Å². The number of rotatable bonds is 6. The maximum Gasteiger partial charge on any atom is 0.376 e. The van der Waals surface area contributed by atoms with Crippen LogP contribution in [-0.4, -0.2) is 60.1 Å². The summed E-state index contributed by atoms with van der Waals surface area (Å²) >= 11 is -0.0735. The van der Waals surface area contributed by atoms with Crippen molar-refractivity contribution in [2.45, 2.75) is 68.3 Å². The molecule has 1 fully saturated rings. The molecule has 0 bridgehead atoms. The lowest BCUT2D eigenvalue weighted by Crippen LogP contribution is -2.61. The van der Waals surface area contributed by atoms with Crippen molar-refractivity contribution >= 4 is 23.7 Å². The van der Waals surface area contributed by atoms with E-state index in [1.54, 1.807) is 0 Å². The van der Waals surface area contributed by atoms with Gasteiger partial charge in [-0.2, -0.15) is 0 Å². The summed E-state index contributed by atoms with van der Waals surface area (Å²) in [6.45, 7) is 7.68. The fourth-order valence-corrected chi connectivity index (χ4v) is 3.56. The lowest BCUT2D eigenvalue weighted by Gasteiger charge is -2.47. The number of carboxylic acid groups (broad SMARTS) is 2. The number of carbonyl (C=O) groups is 2. The van der Waals surface area contributed by atoms with Gasteiger partial charge >= 0.3 is 17.1 Å². The number of piperidine rings is 1. The Labute approximate surface area is 132 Å². The molecule has 0 aromatic rings. The van der Waals surface area contributed by atoms with Crippen LogP contribution >= 0.6 is 11.8 Å². The van der Waals surface area contributed by atoms with Gasteiger partial charge in [-0.05, 0) is 52.3 Å². The lowest BCUT2D eigenvalue weighted by molar-refractivity contribution is -0.208. The monoisotopic (exact) mass is 337 g/mol. The molecule has 0 radical (unpaired) electrons. The first-order valence-corrected chi connectivity index (χ1v) is 7.66. The van der Waals surface area contributed by atoms with Crippen LogP contribution in [0, 0.1) is 0 Å². The first-order chi connectivity index (χ1) is 9.76. The fourth-order valence-electron chi connectivity index (χ4n) is 2.87. The van der Waals surface area contributed by atoms with Gasteiger partial charge in [0.15, 0.2) is 0 Å². The van der Waals surface area contributed by atoms with Crippen LogP contribution in [-0.2, 0) is 14.3 Å². The third-order valence-corrected chi connectivity index (χ3v) is 4.25. The molecule has 1 saturated heterocycles. The molecule has 8 nitrogen and oxygen atoms in total. The first kappa shape index (κ1) is 19.2. The number of thioether (sulfide) groups is 1. The molecule has 128 valence electrons. The van der Waals surface area contributed by atoms with Gasteiger partial charge in [-0.1, -0.05) is 0 Å². The smallest absolute Gasteiger partial charge is 0.376 e. The minimum Gasteiger partial charge on any atom is -0.479 e. The number of hydrogen-bond donors (Lipinski definition) is 5. The first-order valence-electron chi connectivity index (χ1n) is 6.78. The summed E-state index contributed by atoms with van der Waals surface area (Å²) in [5.41, 5.74) is -2.80. The van der Waals surface area contributed by atoms with E-state index in [4.69, 9.17) is 14.9 Å². The normalized spacial score (nSPS) is 25.2. The fraction of sp³-hybridized carbons (Fsp3) is 0.846. The minimum absolute atomic E-state index is 0.0735. The summed E-state index contributed by atoms with van der Waals surface area (Å²) in [5.74, 6) is -3.41. The number of nitrogens with one attached hydrogen (secondary N) is 1. The molecule has 5 N–H and O–H groups in total. The Balaban J connectivity index is 2.91. The lowest BCUT2D eigenvalue weighted by atomic mass is 9.81. The zero-order valence-corrected chi connectivity index (χ0v) is 13.8. The van der Waals surface area contributed by atoms with Crippen molar-refractivity contribution in [2.24, 2.45) is 0 Å². The molecule has 0 spiro atoms. The van der Waals surface area contributed by atoms with Crippen molar-refractivity contribution in [3.63, 3.8) is 0 Å². The molecule has 1 heterocycles. The predicted molar refractivity (Wildman–Crippen MR) is 79.2 cm³/mol. The molecular weight excluding hydrogens is 314 g/mol. The number of aliphatic carboxylic acids is 2. The number of carboxylic acids is 2. The molecule has 1 aliphatic heterocycles. The van der Waals surface area contributed by atoms with Crippen molar-refractivity contribution in [1.82, 2.24) is 5.32 Å². The van der Waals surface area contributed by atoms with Crippen molar-refractivity contribution < 1.29 is 34.8 Å². The predicted octanol–water partition coefficient (Wildman–Crippen LogP) is 0.179. The van der Waals surface area contributed by atoms with Gasteiger partial charge < -0.3 is 30.5 Å². The highest BCUT2D eigenvalue weighted by Gasteiger charge is 2.48. The van der Waals surface area contributed by atoms with Crippen LogP contribution in [0.25, 0.3) is 0 Å². The molecule has 1 aliphatic rings. The molecular formula is C13H23NO7S. The summed E-state index contributed by atoms with van der Waals surface area (Å²) in [6, 6.07) is 0. The quantitative estimate of drug-likeness (QED) is 0.430. The van der Waals surface area contributed by atoms with E-state index < -0.39 is 28.6 Å². The van der Waals surface area contributed by atoms with Crippen LogP contribution in [0.1, 0.15) is 40.5 Å². The molecule has 22 heavy (non-hydrogen) atoms. The molecule has 0 amide bonds. The zero-order chi connectivity index (χ0) is 17.3. The summed E-state index contributed by atoms with van der Waals surface area (Å²) in [6.07, 6.45) is 0.242. The topological polar surface area (TPSA) is 136 Å². The van der Waals surface area contributed by atoms with E-state index in [-0.39, 0.29) is 22.8 Å². The van der Waals surface area contributed by atoms with Crippen LogP contribution < -0.4 is 5.32 Å². The summed E-state index contributed by atoms with van der Waals surface area (Å²) in [4.78, 5) is 21.9. The van der Waals surface area contributed by atoms with Gasteiger partial charge in [0.1, 0.15) is 0 Å². The average Bonchev–Trinajstić information content (AvgIpc) is 2.23. The number of hydrogen-bond acceptors (Lipinski definition) is 7. The van der Waals surface area contributed by atoms with Crippen LogP contribution in [0.15, 0.2) is 0 Å². The number of ether oxygens (including phenoxy) is 1. The van der Waals surface area contributed by atoms with Crippen LogP contribution in [0.3, 0.4) is 0 Å². The zero-order valence-electron chi connectivity index (χ0n) is 13.0. The van der Waals surface area contributed by atoms with Crippen LogP contribution in [0.5, 0.6) is 0 Å². The van der Waals surface area contributed by atoms with Crippen molar-refractivity contribution in [3.8, 4) is 0 Å². The van der Waals surface area contributed by atoms with E-state index in [0.717, 1.165) is 0 Å². The Morgan fingerprint density at radius 3 is 2.05 bits per heavy atom. The average molecular weight is 337 g/mol. The summed E-state index contributed by atoms with van der Waals surface area (Å²) in [5, 5.41) is 37.7. The highest BCUT2D eigenvalue weighted by atomic mass is 32.2. The van der Waals surface area contributed by atoms with Gasteiger partial charge in [-0.15, -0.1) is 0 Å². The van der Waals surface area contributed by atoms with E-state index in [1.807, 2.05) is 27.7 Å². The van der Waals surface area contributed by atoms with Gasteiger partial charge in [0, 0.05) is 11.1 Å². The van der Waals surface area contributed by atoms with Gasteiger partial charge in [0.2, 0.25) is 5.44 Å². The van der Waals surface area contributed by atoms with Crippen molar-refractivity contribution in [2.75, 3.05) is 0 Å². The molecule has 0 saturated carbocycles. The van der Waals surface area contributed by atoms with E-state index in [1.165, 1.54) is 0 Å². The van der Waals surface area contributed by atoms with Gasteiger partial charge in [-0.25, -0.2) is 9.59 Å². The largest absolute Gasteiger partial charge is 0.479 e. The highest BCUT2D eigenvalue weighted by Crippen LogP contribution is 2.36. The molecule has 0 aliphatic carbocycles. The molecule has 2 atom stereocenters. The minimum atomic E-state index is -2.83. The van der Waals surface area contributed by atoms with Crippen molar-refractivity contribution in [3.05, 3.63) is 0 Å². The third kappa shape index (κ3) is 5.10. The number of aliphatic hydroxyl groups is 2. The van der Waals surface area contributed by atoms with Crippen molar-refractivity contribution in [1.29, 1.82) is 0 Å². The van der Waals surface area contributed by atoms with Crippen LogP contribution in [0.4, 0.5) is 0 Å². The Morgan fingerprint density at radius 2 is 1.68 bits per heavy atom. The second-order valence-electron chi connectivity index (χ2n) is 6.74. The molecule has 1 rings (SSSR count). The van der Waals surface area contributed by atoms with Crippen LogP contribution in [0.2, 0.25) is 0 Å². The molecule has 9 heteroatoms. The highest BCUT2D eigenvalue weighted by molar-refractivity contribution is 8.02. The Morgan fingerprint density at radius 1 is 1.23 bits per heavy atom. The number of aliphatic hydroxyl groups excluding tert-OH is 1. The Kier molecular flexibility index (Phi) is 5.51. The molecule has 0 aromatic heterocycles. The molecule has 0 aromatic carbocycles. The van der Waals surface area contributed by atoms with Gasteiger partial charge in [0.25, 0.3) is 0 Å². The second kappa shape index (κ2) is 6.32. The third-order valence-electron chi connectivity index (χ3n) is 3.23. The maximum absolute atomic E-state index is 11.3. The maximum atomic E-state index is 11.3. The Bertz CT molecular complexity index is 438. The Hall–Kier alpha value is -0.870. The SMILES string of the molecule is CC1(C)CC(OC(O)(SC(O)C(=O)O)C(=O)O)CC(C)(C)N1. The van der Waals surface area contributed by atoms with Gasteiger partial charge in [0.05, 0.1) is 6.10 Å². The second-order valence-corrected chi connectivity index (χ2v) is 7.97. The molecule has 2 unspecified atom stereocenters. The standard InChI is InChI=1S/C13H23NO7S/c1-11(2)5-7(6-12(3,4)14-11)21-13(20,10(18)19)22-9(17)8(15)16/h7,9,14,17,20H,5-6H2,1-4H3,(H,15,16)(H,18,19). The van der Waals surface area contributed by atoms with E-state index in [9.17, 15) is 19.8 Å². The van der Waals surface area contributed by atoms with Gasteiger partial charge in [-0.3, -0.25) is 0 Å². The summed E-state index contributed by atoms with van der Waals surface area (Å²) in [7, 11) is 0. The van der Waals surface area contributed by atoms with E-state index >= 15 is 0 Å². The summed E-state index contributed by atoms with van der Waals surface area (Å²) < 4.78 is 5.29.